The largest absolute Gasteiger partial charge is 0.309 e. The third-order valence-electron chi connectivity index (χ3n) is 15.0. The number of fused-ring (bicyclic) bond motifs is 8. The highest BCUT2D eigenvalue weighted by Gasteiger charge is 2.84. The summed E-state index contributed by atoms with van der Waals surface area (Å²) in [7, 11) is 0. The van der Waals surface area contributed by atoms with Crippen LogP contribution in [0.2, 0.25) is 0 Å². The third kappa shape index (κ3) is 3.62. The van der Waals surface area contributed by atoms with E-state index in [9.17, 15) is 0 Å². The van der Waals surface area contributed by atoms with Gasteiger partial charge in [-0.3, -0.25) is 0 Å². The first-order chi connectivity index (χ1) is 24.2. The van der Waals surface area contributed by atoms with Crippen LogP contribution < -0.4 is 4.90 Å². The zero-order valence-corrected chi connectivity index (χ0v) is 30.7. The van der Waals surface area contributed by atoms with Crippen molar-refractivity contribution < 1.29 is 0 Å². The Morgan fingerprint density at radius 1 is 0.600 bits per heavy atom. The van der Waals surface area contributed by atoms with Gasteiger partial charge in [-0.1, -0.05) is 124 Å². The zero-order valence-electron chi connectivity index (χ0n) is 29.9. The van der Waals surface area contributed by atoms with Gasteiger partial charge < -0.3 is 4.90 Å². The fourth-order valence-electron chi connectivity index (χ4n) is 13.0. The molecule has 2 heteroatoms. The highest BCUT2D eigenvalue weighted by molar-refractivity contribution is 7.99. The highest BCUT2D eigenvalue weighted by Crippen LogP contribution is 2.89. The van der Waals surface area contributed by atoms with Crippen molar-refractivity contribution in [1.29, 1.82) is 0 Å². The summed E-state index contributed by atoms with van der Waals surface area (Å²) in [4.78, 5) is 5.63. The summed E-state index contributed by atoms with van der Waals surface area (Å²) in [5.41, 5.74) is 13.8. The van der Waals surface area contributed by atoms with Crippen molar-refractivity contribution >= 4 is 28.8 Å². The maximum Gasteiger partial charge on any atom is 0.0604 e. The van der Waals surface area contributed by atoms with E-state index in [4.69, 9.17) is 0 Å². The third-order valence-corrected chi connectivity index (χ3v) is 16.2. The Morgan fingerprint density at radius 3 is 2.08 bits per heavy atom. The second-order valence-electron chi connectivity index (χ2n) is 18.0. The van der Waals surface area contributed by atoms with Crippen molar-refractivity contribution in [3.05, 3.63) is 138 Å². The minimum Gasteiger partial charge on any atom is -0.309 e. The van der Waals surface area contributed by atoms with Crippen LogP contribution in [0, 0.1) is 29.1 Å². The molecule has 2 bridgehead atoms. The maximum atomic E-state index is 2.66. The molecular formula is C48H47NS. The van der Waals surface area contributed by atoms with Gasteiger partial charge in [0, 0.05) is 20.9 Å². The van der Waals surface area contributed by atoms with Gasteiger partial charge in [0.25, 0.3) is 0 Å². The molecule has 5 aromatic carbocycles. The molecule has 11 rings (SSSR count). The number of nitrogens with zero attached hydrogens (tertiary/aromatic N) is 1. The number of para-hydroxylation sites is 1. The van der Waals surface area contributed by atoms with Crippen LogP contribution in [0.25, 0.3) is 11.1 Å². The predicted molar refractivity (Wildman–Crippen MR) is 208 cm³/mol. The smallest absolute Gasteiger partial charge is 0.0604 e. The average Bonchev–Trinajstić information content (AvgIpc) is 3.66. The number of anilines is 3. The van der Waals surface area contributed by atoms with Crippen LogP contribution in [-0.2, 0) is 16.2 Å². The SMILES string of the molecule is CC1(C)CCC(C)(C)c2c(N(c3ccccc3)c3cccc4c3Sc3cc(-c5ccccc5)ccc3C43C4CC5CC6CC3C64C5)cccc21. The van der Waals surface area contributed by atoms with E-state index in [1.807, 2.05) is 0 Å². The molecule has 4 saturated carbocycles. The van der Waals surface area contributed by atoms with Crippen LogP contribution in [0.4, 0.5) is 17.1 Å². The fourth-order valence-corrected chi connectivity index (χ4v) is 14.4. The summed E-state index contributed by atoms with van der Waals surface area (Å²) < 4.78 is 0. The maximum absolute atomic E-state index is 2.66. The van der Waals surface area contributed by atoms with Gasteiger partial charge in [-0.25, -0.2) is 0 Å². The second kappa shape index (κ2) is 9.97. The molecule has 4 fully saturated rings. The quantitative estimate of drug-likeness (QED) is 0.187. The van der Waals surface area contributed by atoms with Crippen molar-refractivity contribution in [1.82, 2.24) is 0 Å². The number of benzene rings is 5. The molecule has 0 N–H and O–H groups in total. The van der Waals surface area contributed by atoms with Gasteiger partial charge in [-0.05, 0) is 142 Å². The van der Waals surface area contributed by atoms with E-state index in [1.54, 1.807) is 11.1 Å². The molecule has 1 aliphatic heterocycles. The van der Waals surface area contributed by atoms with E-state index in [2.05, 4.69) is 160 Å². The molecule has 1 heterocycles. The van der Waals surface area contributed by atoms with E-state index >= 15 is 0 Å². The van der Waals surface area contributed by atoms with Crippen LogP contribution in [0.5, 0.6) is 0 Å². The van der Waals surface area contributed by atoms with Crippen LogP contribution in [0.15, 0.2) is 125 Å². The van der Waals surface area contributed by atoms with Gasteiger partial charge in [-0.2, -0.15) is 0 Å². The van der Waals surface area contributed by atoms with Crippen molar-refractivity contribution in [2.75, 3.05) is 4.90 Å². The standard InChI is InChI=1S/C48H47NS/c1-45(2)23-24-46(3,4)43-36(45)17-11-19-38(43)49(34-15-9-6-10-16-34)39-20-12-18-37-44(39)50-40-27-32(31-13-7-5-8-14-31)21-22-35(40)48(37)41-26-30-25-33-28-42(48)47(33,41)29-30/h5-22,27,30,33,41-42H,23-26,28-29H2,1-4H3. The molecule has 250 valence electrons. The number of hydrogen-bond donors (Lipinski definition) is 0. The minimum atomic E-state index is 0.0826. The lowest BCUT2D eigenvalue weighted by atomic mass is 9.26. The van der Waals surface area contributed by atoms with Crippen molar-refractivity contribution in [3.63, 3.8) is 0 Å². The molecule has 2 spiro atoms. The Labute approximate surface area is 302 Å². The first-order valence-electron chi connectivity index (χ1n) is 19.2. The Kier molecular flexibility index (Phi) is 5.97. The summed E-state index contributed by atoms with van der Waals surface area (Å²) in [5.74, 6) is 3.44. The van der Waals surface area contributed by atoms with E-state index in [1.165, 1.54) is 87.6 Å². The van der Waals surface area contributed by atoms with Crippen molar-refractivity contribution in [3.8, 4) is 11.1 Å². The Balaban J connectivity index is 1.17. The molecule has 50 heavy (non-hydrogen) atoms. The van der Waals surface area contributed by atoms with Gasteiger partial charge in [0.2, 0.25) is 0 Å². The van der Waals surface area contributed by atoms with Crippen molar-refractivity contribution in [2.24, 2.45) is 29.1 Å². The summed E-state index contributed by atoms with van der Waals surface area (Å²) in [6, 6.07) is 44.4. The van der Waals surface area contributed by atoms with Crippen LogP contribution in [-0.4, -0.2) is 0 Å². The Bertz CT molecular complexity index is 2200. The summed E-state index contributed by atoms with van der Waals surface area (Å²) in [5, 5.41) is 0. The van der Waals surface area contributed by atoms with E-state index in [0.717, 1.165) is 23.7 Å². The lowest BCUT2D eigenvalue weighted by Crippen LogP contribution is -2.74. The summed E-state index contributed by atoms with van der Waals surface area (Å²) in [6.45, 7) is 9.87. The van der Waals surface area contributed by atoms with Gasteiger partial charge in [-0.15, -0.1) is 0 Å². The van der Waals surface area contributed by atoms with E-state index in [0.29, 0.717) is 5.41 Å². The second-order valence-corrected chi connectivity index (χ2v) is 19.1. The molecule has 0 radical (unpaired) electrons. The molecule has 0 amide bonds. The van der Waals surface area contributed by atoms with E-state index < -0.39 is 0 Å². The molecule has 5 aromatic rings. The monoisotopic (exact) mass is 669 g/mol. The minimum absolute atomic E-state index is 0.0826. The van der Waals surface area contributed by atoms with Gasteiger partial charge >= 0.3 is 0 Å². The predicted octanol–water partition coefficient (Wildman–Crippen LogP) is 13.0. The summed E-state index contributed by atoms with van der Waals surface area (Å²) in [6.07, 6.45) is 8.23. The average molecular weight is 670 g/mol. The molecule has 1 nitrogen and oxygen atoms in total. The first kappa shape index (κ1) is 29.9. The number of hydrogen-bond acceptors (Lipinski definition) is 2. The molecule has 5 aliphatic carbocycles. The van der Waals surface area contributed by atoms with Gasteiger partial charge in [0.1, 0.15) is 0 Å². The molecule has 0 saturated heterocycles. The molecule has 6 atom stereocenters. The zero-order chi connectivity index (χ0) is 33.6. The van der Waals surface area contributed by atoms with Gasteiger partial charge in [0.15, 0.2) is 0 Å². The first-order valence-corrected chi connectivity index (χ1v) is 20.1. The molecule has 0 aromatic heterocycles. The van der Waals surface area contributed by atoms with Crippen LogP contribution in [0.1, 0.15) is 88.5 Å². The fraction of sp³-hybridized carbons (Fsp3) is 0.375. The normalized spacial score (nSPS) is 31.1. The molecule has 6 aliphatic rings. The van der Waals surface area contributed by atoms with Crippen LogP contribution in [0.3, 0.4) is 0 Å². The van der Waals surface area contributed by atoms with Crippen LogP contribution >= 0.6 is 11.8 Å². The highest BCUT2D eigenvalue weighted by atomic mass is 32.2. The van der Waals surface area contributed by atoms with Crippen molar-refractivity contribution in [2.45, 2.75) is 92.3 Å². The lowest BCUT2D eigenvalue weighted by molar-refractivity contribution is -0.235. The molecular weight excluding hydrogens is 623 g/mol. The Morgan fingerprint density at radius 2 is 1.30 bits per heavy atom. The topological polar surface area (TPSA) is 3.24 Å². The molecule has 6 unspecified atom stereocenters. The van der Waals surface area contributed by atoms with Gasteiger partial charge in [0.05, 0.1) is 11.4 Å². The Hall–Kier alpha value is -3.75. The van der Waals surface area contributed by atoms with E-state index in [-0.39, 0.29) is 16.2 Å². The number of rotatable bonds is 4. The summed E-state index contributed by atoms with van der Waals surface area (Å²) >= 11 is 2.05. The lowest BCUT2D eigenvalue weighted by Gasteiger charge is -2.78.